The first kappa shape index (κ1) is 20.2. The lowest BCUT2D eigenvalue weighted by Gasteiger charge is -2.30. The Morgan fingerprint density at radius 3 is 2.73 bits per heavy atom. The van der Waals surface area contributed by atoms with Crippen LogP contribution >= 0.6 is 0 Å². The fraction of sp³-hybridized carbons (Fsp3) is 0.269. The van der Waals surface area contributed by atoms with E-state index < -0.39 is 11.6 Å². The first-order valence-corrected chi connectivity index (χ1v) is 11.4. The highest BCUT2D eigenvalue weighted by atomic mass is 19.2. The summed E-state index contributed by atoms with van der Waals surface area (Å²) in [6.45, 7) is 3.54. The highest BCUT2D eigenvalue weighted by molar-refractivity contribution is 5.96. The number of aromatic amines is 1. The largest absolute Gasteiger partial charge is 0.493 e. The van der Waals surface area contributed by atoms with E-state index in [0.717, 1.165) is 66.0 Å². The van der Waals surface area contributed by atoms with Gasteiger partial charge in [0.15, 0.2) is 11.6 Å². The number of hydrogen-bond donors (Lipinski definition) is 2. The van der Waals surface area contributed by atoms with E-state index in [4.69, 9.17) is 4.74 Å². The van der Waals surface area contributed by atoms with Gasteiger partial charge in [0.2, 0.25) is 0 Å². The predicted octanol–water partition coefficient (Wildman–Crippen LogP) is 4.91. The molecule has 2 aromatic heterocycles. The third-order valence-electron chi connectivity index (χ3n) is 6.55. The Bertz CT molecular complexity index is 1340. The zero-order chi connectivity index (χ0) is 22.4. The number of pyridine rings is 1. The summed E-state index contributed by atoms with van der Waals surface area (Å²) in [6.07, 6.45) is 5.67. The number of rotatable bonds is 3. The van der Waals surface area contributed by atoms with Crippen LogP contribution in [-0.2, 0) is 6.42 Å². The van der Waals surface area contributed by atoms with Crippen molar-refractivity contribution in [1.29, 1.82) is 0 Å². The van der Waals surface area contributed by atoms with Crippen LogP contribution in [0.25, 0.3) is 33.3 Å². The van der Waals surface area contributed by atoms with Gasteiger partial charge < -0.3 is 19.9 Å². The number of ether oxygens (including phenoxy) is 1. The molecule has 0 spiro atoms. The minimum atomic E-state index is -0.842. The molecule has 1 fully saturated rings. The Balaban J connectivity index is 1.43. The molecule has 6 rings (SSSR count). The molecule has 5 nitrogen and oxygen atoms in total. The number of H-pyrrole nitrogens is 1. The predicted molar refractivity (Wildman–Crippen MR) is 126 cm³/mol. The van der Waals surface area contributed by atoms with E-state index in [1.165, 1.54) is 11.6 Å². The molecule has 2 aliphatic heterocycles. The van der Waals surface area contributed by atoms with Gasteiger partial charge in [-0.25, -0.2) is 13.8 Å². The molecule has 4 aromatic rings. The number of nitrogens with one attached hydrogen (secondary N) is 2. The van der Waals surface area contributed by atoms with E-state index in [-0.39, 0.29) is 0 Å². The van der Waals surface area contributed by atoms with E-state index in [2.05, 4.69) is 27.4 Å². The van der Waals surface area contributed by atoms with Crippen LogP contribution in [0.15, 0.2) is 48.8 Å². The highest BCUT2D eigenvalue weighted by Crippen LogP contribution is 2.36. The van der Waals surface area contributed by atoms with Crippen LogP contribution in [0.4, 0.5) is 14.5 Å². The molecule has 168 valence electrons. The second kappa shape index (κ2) is 8.15. The average Bonchev–Trinajstić information content (AvgIpc) is 3.29. The van der Waals surface area contributed by atoms with E-state index in [1.807, 2.05) is 23.2 Å². The van der Waals surface area contributed by atoms with E-state index in [1.54, 1.807) is 12.3 Å². The average molecular weight is 447 g/mol. The molecule has 1 saturated heterocycles. The van der Waals surface area contributed by atoms with Crippen LogP contribution in [0.1, 0.15) is 12.0 Å². The van der Waals surface area contributed by atoms with Gasteiger partial charge in [-0.1, -0.05) is 6.07 Å². The van der Waals surface area contributed by atoms with Gasteiger partial charge in [-0.05, 0) is 59.9 Å². The van der Waals surface area contributed by atoms with Crippen molar-refractivity contribution in [2.24, 2.45) is 0 Å². The van der Waals surface area contributed by atoms with Crippen LogP contribution < -0.4 is 15.0 Å². The summed E-state index contributed by atoms with van der Waals surface area (Å²) in [6, 6.07) is 11.2. The number of anilines is 1. The van der Waals surface area contributed by atoms with Gasteiger partial charge in [-0.3, -0.25) is 0 Å². The van der Waals surface area contributed by atoms with Crippen molar-refractivity contribution < 1.29 is 13.5 Å². The third-order valence-corrected chi connectivity index (χ3v) is 6.55. The summed E-state index contributed by atoms with van der Waals surface area (Å²) >= 11 is 0. The van der Waals surface area contributed by atoms with Crippen molar-refractivity contribution in [3.05, 3.63) is 66.0 Å². The van der Waals surface area contributed by atoms with E-state index in [9.17, 15) is 8.78 Å². The summed E-state index contributed by atoms with van der Waals surface area (Å²) in [5.74, 6) is -0.690. The minimum Gasteiger partial charge on any atom is -0.493 e. The first-order valence-electron chi connectivity index (χ1n) is 11.4. The maximum atomic E-state index is 14.6. The summed E-state index contributed by atoms with van der Waals surface area (Å²) in [5.41, 5.74) is 5.73. The van der Waals surface area contributed by atoms with Crippen molar-refractivity contribution in [2.75, 3.05) is 37.7 Å². The quantitative estimate of drug-likeness (QED) is 0.470. The summed E-state index contributed by atoms with van der Waals surface area (Å²) in [4.78, 5) is 9.69. The molecular formula is C26H24F2N4O. The van der Waals surface area contributed by atoms with Crippen molar-refractivity contribution in [2.45, 2.75) is 12.8 Å². The highest BCUT2D eigenvalue weighted by Gasteiger charge is 2.20. The molecular weight excluding hydrogens is 422 g/mol. The topological polar surface area (TPSA) is 53.2 Å². The molecule has 0 saturated carbocycles. The summed E-state index contributed by atoms with van der Waals surface area (Å²) < 4.78 is 35.0. The second-order valence-corrected chi connectivity index (χ2v) is 8.63. The van der Waals surface area contributed by atoms with Gasteiger partial charge in [0.1, 0.15) is 11.4 Å². The van der Waals surface area contributed by atoms with Crippen LogP contribution in [-0.4, -0.2) is 42.8 Å². The molecule has 0 aliphatic carbocycles. The number of nitrogens with zero attached hydrogens (tertiary/aromatic N) is 2. The Morgan fingerprint density at radius 2 is 1.85 bits per heavy atom. The lowest BCUT2D eigenvalue weighted by Crippen LogP contribution is -2.44. The van der Waals surface area contributed by atoms with E-state index >= 15 is 0 Å². The fourth-order valence-corrected chi connectivity index (χ4v) is 4.81. The number of hydrogen-bond acceptors (Lipinski definition) is 4. The van der Waals surface area contributed by atoms with Crippen molar-refractivity contribution in [3.63, 3.8) is 0 Å². The number of aryl methyl sites for hydroxylation is 1. The molecule has 0 atom stereocenters. The fourth-order valence-electron chi connectivity index (χ4n) is 4.81. The SMILES string of the molecule is Fc1cc(-c2cnc3[nH]cc(-c4ccc5c(c4)CCCO5)c3c2)cc(N2CCNCC2)c1F. The normalized spacial score (nSPS) is 16.0. The number of piperazine rings is 1. The van der Waals surface area contributed by atoms with Crippen LogP contribution in [0.2, 0.25) is 0 Å². The molecule has 0 unspecified atom stereocenters. The van der Waals surface area contributed by atoms with Gasteiger partial charge in [-0.2, -0.15) is 0 Å². The van der Waals surface area contributed by atoms with Crippen LogP contribution in [0.5, 0.6) is 5.75 Å². The van der Waals surface area contributed by atoms with Gasteiger partial charge >= 0.3 is 0 Å². The van der Waals surface area contributed by atoms with Crippen LogP contribution in [0.3, 0.4) is 0 Å². The summed E-state index contributed by atoms with van der Waals surface area (Å²) in [7, 11) is 0. The zero-order valence-corrected chi connectivity index (χ0v) is 18.1. The molecule has 33 heavy (non-hydrogen) atoms. The Hall–Kier alpha value is -3.45. The molecule has 0 amide bonds. The van der Waals surface area contributed by atoms with Crippen LogP contribution in [0, 0.1) is 11.6 Å². The van der Waals surface area contributed by atoms with Gasteiger partial charge in [0.25, 0.3) is 0 Å². The lowest BCUT2D eigenvalue weighted by atomic mass is 9.98. The van der Waals surface area contributed by atoms with Crippen molar-refractivity contribution in [3.8, 4) is 28.0 Å². The lowest BCUT2D eigenvalue weighted by molar-refractivity contribution is 0.288. The molecule has 4 heterocycles. The molecule has 2 aromatic carbocycles. The zero-order valence-electron chi connectivity index (χ0n) is 18.1. The monoisotopic (exact) mass is 446 g/mol. The van der Waals surface area contributed by atoms with Gasteiger partial charge in [0.05, 0.1) is 12.3 Å². The standard InChI is InChI=1S/C26H24F2N4O/c27-22-12-18(13-23(25(22)28)32-7-5-29-6-8-32)19-11-20-21(15-31-26(20)30-14-19)16-3-4-24-17(10-16)2-1-9-33-24/h3-4,10-15,29H,1-2,5-9H2,(H,30,31). The van der Waals surface area contributed by atoms with Gasteiger partial charge in [0, 0.05) is 55.1 Å². The van der Waals surface area contributed by atoms with Crippen molar-refractivity contribution in [1.82, 2.24) is 15.3 Å². The molecule has 7 heteroatoms. The smallest absolute Gasteiger partial charge is 0.182 e. The Kier molecular flexibility index (Phi) is 4.99. The Labute approximate surface area is 190 Å². The third kappa shape index (κ3) is 3.62. The molecule has 2 N–H and O–H groups in total. The van der Waals surface area contributed by atoms with Crippen molar-refractivity contribution >= 4 is 16.7 Å². The minimum absolute atomic E-state index is 0.301. The summed E-state index contributed by atoms with van der Waals surface area (Å²) in [5, 5.41) is 4.19. The first-order chi connectivity index (χ1) is 16.2. The van der Waals surface area contributed by atoms with E-state index in [0.29, 0.717) is 24.3 Å². The number of benzene rings is 2. The van der Waals surface area contributed by atoms with Gasteiger partial charge in [-0.15, -0.1) is 0 Å². The number of fused-ring (bicyclic) bond motifs is 2. The Morgan fingerprint density at radius 1 is 0.970 bits per heavy atom. The number of halogens is 2. The molecule has 0 bridgehead atoms. The molecule has 2 aliphatic rings. The maximum absolute atomic E-state index is 14.6. The number of aromatic nitrogens is 2. The second-order valence-electron chi connectivity index (χ2n) is 8.63. The molecule has 0 radical (unpaired) electrons. The maximum Gasteiger partial charge on any atom is 0.182 e.